The molecule has 6 nitrogen and oxygen atoms in total. The minimum Gasteiger partial charge on any atom is -0.456 e. The maximum absolute atomic E-state index is 12.2. The van der Waals surface area contributed by atoms with Gasteiger partial charge in [-0.25, -0.2) is 4.79 Å². The highest BCUT2D eigenvalue weighted by atomic mass is 16.7. The van der Waals surface area contributed by atoms with Crippen LogP contribution in [-0.4, -0.2) is 48.7 Å². The van der Waals surface area contributed by atoms with Gasteiger partial charge < -0.3 is 24.1 Å². The van der Waals surface area contributed by atoms with Crippen LogP contribution < -0.4 is 0 Å². The summed E-state index contributed by atoms with van der Waals surface area (Å²) in [4.78, 5) is 12.2. The third-order valence-electron chi connectivity index (χ3n) is 4.85. The Kier molecular flexibility index (Phi) is 5.50. The fourth-order valence-corrected chi connectivity index (χ4v) is 3.46. The van der Waals surface area contributed by atoms with Gasteiger partial charge in [0.05, 0.1) is 24.9 Å². The van der Waals surface area contributed by atoms with Crippen molar-refractivity contribution in [2.24, 2.45) is 0 Å². The lowest BCUT2D eigenvalue weighted by atomic mass is 10.0. The van der Waals surface area contributed by atoms with Gasteiger partial charge in [-0.3, -0.25) is 0 Å². The van der Waals surface area contributed by atoms with Gasteiger partial charge in [0.2, 0.25) is 0 Å². The molecule has 0 spiro atoms. The normalized spacial score (nSPS) is 28.3. The summed E-state index contributed by atoms with van der Waals surface area (Å²) >= 11 is 0. The molecule has 6 heteroatoms. The molecular weight excluding hydrogens is 348 g/mol. The van der Waals surface area contributed by atoms with Gasteiger partial charge in [-0.2, -0.15) is 0 Å². The number of rotatable bonds is 5. The fourth-order valence-electron chi connectivity index (χ4n) is 3.46. The van der Waals surface area contributed by atoms with E-state index in [1.54, 1.807) is 36.4 Å². The number of benzene rings is 2. The summed E-state index contributed by atoms with van der Waals surface area (Å²) in [5, 5.41) is 10.3. The second-order valence-electron chi connectivity index (χ2n) is 6.74. The van der Waals surface area contributed by atoms with Crippen molar-refractivity contribution in [3.8, 4) is 0 Å². The summed E-state index contributed by atoms with van der Waals surface area (Å²) in [6.07, 6.45) is -1.72. The van der Waals surface area contributed by atoms with E-state index in [4.69, 9.17) is 18.9 Å². The summed E-state index contributed by atoms with van der Waals surface area (Å²) in [5.41, 5.74) is 1.20. The van der Waals surface area contributed by atoms with Crippen LogP contribution >= 0.6 is 0 Å². The molecule has 2 aliphatic rings. The van der Waals surface area contributed by atoms with Gasteiger partial charge in [0.15, 0.2) is 6.29 Å². The second kappa shape index (κ2) is 8.19. The first-order valence-corrected chi connectivity index (χ1v) is 9.08. The van der Waals surface area contributed by atoms with Crippen LogP contribution in [0.1, 0.15) is 28.6 Å². The minimum absolute atomic E-state index is 0.222. The van der Waals surface area contributed by atoms with Crippen LogP contribution in [0.3, 0.4) is 0 Å². The third-order valence-corrected chi connectivity index (χ3v) is 4.85. The summed E-state index contributed by atoms with van der Waals surface area (Å²) in [7, 11) is 0. The van der Waals surface area contributed by atoms with E-state index >= 15 is 0 Å². The van der Waals surface area contributed by atoms with Crippen LogP contribution in [0.4, 0.5) is 0 Å². The Balaban J connectivity index is 1.31. The lowest BCUT2D eigenvalue weighted by Crippen LogP contribution is -2.45. The highest BCUT2D eigenvalue weighted by molar-refractivity contribution is 5.89. The van der Waals surface area contributed by atoms with E-state index in [2.05, 4.69) is 0 Å². The van der Waals surface area contributed by atoms with E-state index in [9.17, 15) is 9.90 Å². The van der Waals surface area contributed by atoms with Gasteiger partial charge in [0, 0.05) is 12.0 Å². The Bertz CT molecular complexity index is 750. The molecule has 142 valence electrons. The van der Waals surface area contributed by atoms with E-state index in [1.165, 1.54) is 0 Å². The number of carbonyl (C=O) groups excluding carboxylic acids is 1. The topological polar surface area (TPSA) is 74.2 Å². The predicted octanol–water partition coefficient (Wildman–Crippen LogP) is 2.48. The average Bonchev–Trinajstić information content (AvgIpc) is 3.11. The highest BCUT2D eigenvalue weighted by Gasteiger charge is 2.45. The van der Waals surface area contributed by atoms with Gasteiger partial charge in [0.25, 0.3) is 0 Å². The number of aliphatic hydroxyl groups excluding tert-OH is 1. The molecule has 27 heavy (non-hydrogen) atoms. The number of esters is 1. The van der Waals surface area contributed by atoms with Gasteiger partial charge in [-0.15, -0.1) is 0 Å². The number of aliphatic hydroxyl groups is 1. The minimum atomic E-state index is -1.03. The first kappa shape index (κ1) is 18.1. The molecule has 0 aromatic heterocycles. The SMILES string of the molecule is O=C(OC1COC2C(C1)OCC2OC(O)c1ccccc1)c1ccccc1. The van der Waals surface area contributed by atoms with Gasteiger partial charge in [-0.05, 0) is 12.1 Å². The van der Waals surface area contributed by atoms with E-state index in [0.29, 0.717) is 24.2 Å². The molecule has 2 aliphatic heterocycles. The molecule has 2 saturated heterocycles. The Hall–Kier alpha value is -2.25. The van der Waals surface area contributed by atoms with Crippen LogP contribution in [0.5, 0.6) is 0 Å². The smallest absolute Gasteiger partial charge is 0.338 e. The summed E-state index contributed by atoms with van der Waals surface area (Å²) in [6, 6.07) is 18.1. The van der Waals surface area contributed by atoms with Crippen molar-refractivity contribution in [2.75, 3.05) is 13.2 Å². The zero-order valence-electron chi connectivity index (χ0n) is 14.8. The van der Waals surface area contributed by atoms with Crippen molar-refractivity contribution >= 4 is 5.97 Å². The first-order chi connectivity index (χ1) is 13.2. The van der Waals surface area contributed by atoms with Gasteiger partial charge in [-0.1, -0.05) is 48.5 Å². The van der Waals surface area contributed by atoms with Crippen molar-refractivity contribution < 1.29 is 28.8 Å². The van der Waals surface area contributed by atoms with Crippen molar-refractivity contribution in [1.29, 1.82) is 0 Å². The molecule has 2 aromatic carbocycles. The Labute approximate surface area is 157 Å². The predicted molar refractivity (Wildman–Crippen MR) is 96.0 cm³/mol. The van der Waals surface area contributed by atoms with Crippen molar-refractivity contribution in [2.45, 2.75) is 37.1 Å². The maximum Gasteiger partial charge on any atom is 0.338 e. The van der Waals surface area contributed by atoms with Crippen molar-refractivity contribution in [3.05, 3.63) is 71.8 Å². The van der Waals surface area contributed by atoms with E-state index in [-0.39, 0.29) is 37.0 Å². The molecule has 2 fully saturated rings. The number of ether oxygens (including phenoxy) is 4. The monoisotopic (exact) mass is 370 g/mol. The first-order valence-electron chi connectivity index (χ1n) is 9.08. The quantitative estimate of drug-likeness (QED) is 0.644. The highest BCUT2D eigenvalue weighted by Crippen LogP contribution is 2.31. The van der Waals surface area contributed by atoms with E-state index < -0.39 is 6.29 Å². The second-order valence-corrected chi connectivity index (χ2v) is 6.74. The van der Waals surface area contributed by atoms with Gasteiger partial charge >= 0.3 is 5.97 Å². The molecule has 2 aromatic rings. The zero-order valence-corrected chi connectivity index (χ0v) is 14.8. The van der Waals surface area contributed by atoms with E-state index in [1.807, 2.05) is 24.3 Å². The van der Waals surface area contributed by atoms with Crippen molar-refractivity contribution in [3.63, 3.8) is 0 Å². The van der Waals surface area contributed by atoms with Crippen LogP contribution in [0.25, 0.3) is 0 Å². The molecule has 5 unspecified atom stereocenters. The number of hydrogen-bond donors (Lipinski definition) is 1. The lowest BCUT2D eigenvalue weighted by Gasteiger charge is -2.33. The van der Waals surface area contributed by atoms with Crippen LogP contribution in [0.15, 0.2) is 60.7 Å². The van der Waals surface area contributed by atoms with Gasteiger partial charge in [0.1, 0.15) is 18.3 Å². The number of hydrogen-bond acceptors (Lipinski definition) is 6. The number of fused-ring (bicyclic) bond motifs is 1. The Morgan fingerprint density at radius 3 is 2.44 bits per heavy atom. The standard InChI is InChI=1S/C21H22O6/c22-20(14-7-3-1-4-8-14)26-16-11-17-19(25-12-16)18(13-24-17)27-21(23)15-9-5-2-6-10-15/h1-10,16-19,21,23H,11-13H2. The number of carbonyl (C=O) groups is 1. The molecule has 2 heterocycles. The zero-order chi connectivity index (χ0) is 18.6. The molecule has 0 bridgehead atoms. The third kappa shape index (κ3) is 4.20. The fraction of sp³-hybridized carbons (Fsp3) is 0.381. The Morgan fingerprint density at radius 1 is 1.00 bits per heavy atom. The maximum atomic E-state index is 12.2. The van der Waals surface area contributed by atoms with Crippen LogP contribution in [0, 0.1) is 0 Å². The molecule has 0 amide bonds. The molecule has 4 rings (SSSR count). The van der Waals surface area contributed by atoms with E-state index in [0.717, 1.165) is 0 Å². The summed E-state index contributed by atoms with van der Waals surface area (Å²) < 4.78 is 22.9. The van der Waals surface area contributed by atoms with Crippen molar-refractivity contribution in [1.82, 2.24) is 0 Å². The lowest BCUT2D eigenvalue weighted by molar-refractivity contribution is -0.180. The Morgan fingerprint density at radius 2 is 1.70 bits per heavy atom. The summed E-state index contributed by atoms with van der Waals surface area (Å²) in [6.45, 7) is 0.614. The molecule has 5 atom stereocenters. The molecule has 0 radical (unpaired) electrons. The molecule has 0 aliphatic carbocycles. The largest absolute Gasteiger partial charge is 0.456 e. The van der Waals surface area contributed by atoms with Crippen LogP contribution in [-0.2, 0) is 18.9 Å². The molecular formula is C21H22O6. The molecule has 1 N–H and O–H groups in total. The van der Waals surface area contributed by atoms with Crippen LogP contribution in [0.2, 0.25) is 0 Å². The summed E-state index contributed by atoms with van der Waals surface area (Å²) in [5.74, 6) is -0.368. The average molecular weight is 370 g/mol. The molecule has 0 saturated carbocycles.